The number of imidazole rings is 1. The largest absolute Gasteiger partial charge is 0.297 e. The van der Waals surface area contributed by atoms with Crippen LogP contribution in [0, 0.1) is 0 Å². The minimum absolute atomic E-state index is 0.599. The molecule has 2 heterocycles. The van der Waals surface area contributed by atoms with E-state index in [1.807, 2.05) is 0 Å². The molecule has 2 aromatic heterocycles. The Balaban J connectivity index is 2.13. The van der Waals surface area contributed by atoms with Gasteiger partial charge in [-0.2, -0.15) is 0 Å². The van der Waals surface area contributed by atoms with Crippen molar-refractivity contribution in [3.63, 3.8) is 0 Å². The van der Waals surface area contributed by atoms with Crippen molar-refractivity contribution in [1.82, 2.24) is 9.38 Å². The van der Waals surface area contributed by atoms with E-state index in [0.717, 1.165) is 4.96 Å². The normalized spacial score (nSPS) is 13.6. The number of unbranched alkanes of at least 4 members (excludes halogenated alkanes) is 1. The van der Waals surface area contributed by atoms with E-state index in [1.54, 1.807) is 11.3 Å². The highest BCUT2D eigenvalue weighted by molar-refractivity contribution is 7.15. The summed E-state index contributed by atoms with van der Waals surface area (Å²) in [5.74, 6) is 0.599. The minimum Gasteiger partial charge on any atom is -0.297 e. The summed E-state index contributed by atoms with van der Waals surface area (Å²) in [6.45, 7) is 4.50. The summed E-state index contributed by atoms with van der Waals surface area (Å²) in [6.07, 6.45) is 8.05. The van der Waals surface area contributed by atoms with Crippen LogP contribution in [-0.4, -0.2) is 9.38 Å². The zero-order chi connectivity index (χ0) is 9.97. The first kappa shape index (κ1) is 9.71. The topological polar surface area (TPSA) is 17.3 Å². The lowest BCUT2D eigenvalue weighted by Gasteiger charge is -2.05. The van der Waals surface area contributed by atoms with Crippen LogP contribution in [0.2, 0.25) is 0 Å². The van der Waals surface area contributed by atoms with Crippen LogP contribution in [0.5, 0.6) is 0 Å². The molecule has 2 aromatic rings. The monoisotopic (exact) mass is 208 g/mol. The fourth-order valence-electron chi connectivity index (χ4n) is 1.64. The van der Waals surface area contributed by atoms with Crippen LogP contribution in [0.4, 0.5) is 0 Å². The third-order valence-electron chi connectivity index (χ3n) is 2.61. The van der Waals surface area contributed by atoms with Gasteiger partial charge >= 0.3 is 0 Å². The quantitative estimate of drug-likeness (QED) is 0.749. The predicted molar refractivity (Wildman–Crippen MR) is 61.0 cm³/mol. The lowest BCUT2D eigenvalue weighted by molar-refractivity contribution is 0.614. The minimum atomic E-state index is 0.599. The number of fused-ring (bicyclic) bond motifs is 1. The lowest BCUT2D eigenvalue weighted by atomic mass is 10.0. The van der Waals surface area contributed by atoms with Crippen LogP contribution >= 0.6 is 11.3 Å². The fourth-order valence-corrected chi connectivity index (χ4v) is 2.35. The molecular formula is C11H16N2S. The maximum Gasteiger partial charge on any atom is 0.193 e. The van der Waals surface area contributed by atoms with Crippen molar-refractivity contribution in [3.8, 4) is 0 Å². The SMILES string of the molecule is CCCCC(C)c1cn2ccsc2n1. The van der Waals surface area contributed by atoms with E-state index in [9.17, 15) is 0 Å². The van der Waals surface area contributed by atoms with Crippen molar-refractivity contribution in [2.45, 2.75) is 39.0 Å². The number of thiazole rings is 1. The first-order valence-corrected chi connectivity index (χ1v) is 6.11. The molecule has 2 nitrogen and oxygen atoms in total. The number of rotatable bonds is 4. The van der Waals surface area contributed by atoms with Crippen molar-refractivity contribution in [1.29, 1.82) is 0 Å². The van der Waals surface area contributed by atoms with Gasteiger partial charge in [-0.3, -0.25) is 4.40 Å². The van der Waals surface area contributed by atoms with Gasteiger partial charge in [-0.25, -0.2) is 4.98 Å². The van der Waals surface area contributed by atoms with E-state index < -0.39 is 0 Å². The van der Waals surface area contributed by atoms with Crippen molar-refractivity contribution in [2.75, 3.05) is 0 Å². The molecular weight excluding hydrogens is 192 g/mol. The van der Waals surface area contributed by atoms with E-state index in [4.69, 9.17) is 0 Å². The van der Waals surface area contributed by atoms with Gasteiger partial charge in [-0.1, -0.05) is 26.7 Å². The molecule has 0 aliphatic rings. The van der Waals surface area contributed by atoms with Gasteiger partial charge in [0.2, 0.25) is 0 Å². The fraction of sp³-hybridized carbons (Fsp3) is 0.545. The van der Waals surface area contributed by atoms with Gasteiger partial charge in [0.1, 0.15) is 0 Å². The summed E-state index contributed by atoms with van der Waals surface area (Å²) in [5.41, 5.74) is 1.24. The van der Waals surface area contributed by atoms with Crippen LogP contribution < -0.4 is 0 Å². The summed E-state index contributed by atoms with van der Waals surface area (Å²) < 4.78 is 2.11. The summed E-state index contributed by atoms with van der Waals surface area (Å²) in [6, 6.07) is 0. The molecule has 0 aliphatic carbocycles. The van der Waals surface area contributed by atoms with Crippen molar-refractivity contribution >= 4 is 16.3 Å². The first-order valence-electron chi connectivity index (χ1n) is 5.23. The Labute approximate surface area is 88.6 Å². The third-order valence-corrected chi connectivity index (χ3v) is 3.38. The van der Waals surface area contributed by atoms with Crippen LogP contribution in [0.15, 0.2) is 17.8 Å². The van der Waals surface area contributed by atoms with Crippen LogP contribution in [0.25, 0.3) is 4.96 Å². The Hall–Kier alpha value is -0.830. The Morgan fingerprint density at radius 3 is 3.14 bits per heavy atom. The summed E-state index contributed by atoms with van der Waals surface area (Å²) in [4.78, 5) is 5.72. The number of hydrogen-bond acceptors (Lipinski definition) is 2. The number of nitrogens with zero attached hydrogens (tertiary/aromatic N) is 2. The second-order valence-corrected chi connectivity index (χ2v) is 4.67. The first-order chi connectivity index (χ1) is 6.81. The van der Waals surface area contributed by atoms with E-state index in [2.05, 4.69) is 41.0 Å². The molecule has 76 valence electrons. The molecule has 0 spiro atoms. The zero-order valence-electron chi connectivity index (χ0n) is 8.73. The highest BCUT2D eigenvalue weighted by Gasteiger charge is 2.09. The molecule has 0 fully saturated rings. The molecule has 2 rings (SSSR count). The van der Waals surface area contributed by atoms with Gasteiger partial charge in [0.25, 0.3) is 0 Å². The molecule has 1 unspecified atom stereocenters. The maximum atomic E-state index is 4.61. The van der Waals surface area contributed by atoms with Gasteiger partial charge in [-0.05, 0) is 12.3 Å². The predicted octanol–water partition coefficient (Wildman–Crippen LogP) is 3.69. The molecule has 0 aromatic carbocycles. The van der Waals surface area contributed by atoms with Crippen LogP contribution in [0.3, 0.4) is 0 Å². The third kappa shape index (κ3) is 1.82. The smallest absolute Gasteiger partial charge is 0.193 e. The molecule has 0 aliphatic heterocycles. The van der Waals surface area contributed by atoms with Gasteiger partial charge < -0.3 is 0 Å². The molecule has 0 bridgehead atoms. The lowest BCUT2D eigenvalue weighted by Crippen LogP contribution is -1.93. The highest BCUT2D eigenvalue weighted by atomic mass is 32.1. The van der Waals surface area contributed by atoms with E-state index in [1.165, 1.54) is 25.0 Å². The van der Waals surface area contributed by atoms with Crippen LogP contribution in [0.1, 0.15) is 44.7 Å². The molecule has 3 heteroatoms. The van der Waals surface area contributed by atoms with Crippen molar-refractivity contribution < 1.29 is 0 Å². The zero-order valence-corrected chi connectivity index (χ0v) is 9.55. The Morgan fingerprint density at radius 2 is 2.43 bits per heavy atom. The molecule has 0 radical (unpaired) electrons. The molecule has 14 heavy (non-hydrogen) atoms. The van der Waals surface area contributed by atoms with E-state index >= 15 is 0 Å². The molecule has 1 atom stereocenters. The standard InChI is InChI=1S/C11H16N2S/c1-3-4-5-9(2)10-8-13-6-7-14-11(13)12-10/h6-9H,3-5H2,1-2H3. The maximum absolute atomic E-state index is 4.61. The summed E-state index contributed by atoms with van der Waals surface area (Å²) in [5, 5.41) is 2.07. The highest BCUT2D eigenvalue weighted by Crippen LogP contribution is 2.22. The van der Waals surface area contributed by atoms with Gasteiger partial charge in [0.05, 0.1) is 5.69 Å². The molecule has 0 saturated carbocycles. The molecule has 0 N–H and O–H groups in total. The second kappa shape index (κ2) is 4.13. The van der Waals surface area contributed by atoms with E-state index in [-0.39, 0.29) is 0 Å². The average molecular weight is 208 g/mol. The second-order valence-electron chi connectivity index (χ2n) is 3.80. The Bertz CT molecular complexity index is 373. The number of aromatic nitrogens is 2. The van der Waals surface area contributed by atoms with Crippen LogP contribution in [-0.2, 0) is 0 Å². The van der Waals surface area contributed by atoms with Crippen molar-refractivity contribution in [3.05, 3.63) is 23.5 Å². The van der Waals surface area contributed by atoms with Gasteiger partial charge in [0.15, 0.2) is 4.96 Å². The Morgan fingerprint density at radius 1 is 1.57 bits per heavy atom. The van der Waals surface area contributed by atoms with Crippen molar-refractivity contribution in [2.24, 2.45) is 0 Å². The molecule has 0 saturated heterocycles. The average Bonchev–Trinajstić information content (AvgIpc) is 2.72. The summed E-state index contributed by atoms with van der Waals surface area (Å²) >= 11 is 1.70. The summed E-state index contributed by atoms with van der Waals surface area (Å²) in [7, 11) is 0. The Kier molecular flexibility index (Phi) is 2.87. The molecule has 0 amide bonds. The van der Waals surface area contributed by atoms with Gasteiger partial charge in [0, 0.05) is 17.8 Å². The van der Waals surface area contributed by atoms with Gasteiger partial charge in [-0.15, -0.1) is 11.3 Å². The van der Waals surface area contributed by atoms with E-state index in [0.29, 0.717) is 5.92 Å². The number of hydrogen-bond donors (Lipinski definition) is 0.